The van der Waals surface area contributed by atoms with Gasteiger partial charge in [0, 0.05) is 49.9 Å². The van der Waals surface area contributed by atoms with Crippen molar-refractivity contribution in [3.63, 3.8) is 0 Å². The van der Waals surface area contributed by atoms with Crippen molar-refractivity contribution >= 4 is 5.91 Å². The molecule has 3 aromatic heterocycles. The van der Waals surface area contributed by atoms with Gasteiger partial charge in [-0.3, -0.25) is 4.79 Å². The van der Waals surface area contributed by atoms with Crippen molar-refractivity contribution in [2.45, 2.75) is 52.6 Å². The maximum Gasteiger partial charge on any atom is 0.289 e. The number of rotatable bonds is 6. The largest absolute Gasteiger partial charge is 0.456 e. The summed E-state index contributed by atoms with van der Waals surface area (Å²) in [5.74, 6) is 2.86. The average Bonchev–Trinajstić information content (AvgIpc) is 3.37. The van der Waals surface area contributed by atoms with E-state index in [4.69, 9.17) is 13.7 Å². The SMILES string of the molecule is COCc1cnc(C)nc1C1CCN(C(=O)c2ccc(Cc3c(C)noc3C)o2)CC1. The average molecular weight is 425 g/mol. The van der Waals surface area contributed by atoms with E-state index in [1.165, 1.54) is 0 Å². The van der Waals surface area contributed by atoms with Gasteiger partial charge in [-0.1, -0.05) is 5.16 Å². The lowest BCUT2D eigenvalue weighted by Gasteiger charge is -2.32. The minimum absolute atomic E-state index is 0.0700. The fourth-order valence-electron chi connectivity index (χ4n) is 4.16. The van der Waals surface area contributed by atoms with E-state index >= 15 is 0 Å². The van der Waals surface area contributed by atoms with E-state index < -0.39 is 0 Å². The summed E-state index contributed by atoms with van der Waals surface area (Å²) in [6, 6.07) is 3.61. The summed E-state index contributed by atoms with van der Waals surface area (Å²) in [4.78, 5) is 23.8. The second-order valence-corrected chi connectivity index (χ2v) is 8.07. The highest BCUT2D eigenvalue weighted by Gasteiger charge is 2.28. The summed E-state index contributed by atoms with van der Waals surface area (Å²) in [6.07, 6.45) is 4.12. The van der Waals surface area contributed by atoms with Gasteiger partial charge in [0.2, 0.25) is 0 Å². The van der Waals surface area contributed by atoms with Crippen LogP contribution in [0.1, 0.15) is 69.2 Å². The minimum atomic E-state index is -0.0700. The topological polar surface area (TPSA) is 94.5 Å². The van der Waals surface area contributed by atoms with Crippen LogP contribution in [0, 0.1) is 20.8 Å². The Bertz CT molecular complexity index is 1040. The monoisotopic (exact) mass is 424 g/mol. The van der Waals surface area contributed by atoms with Gasteiger partial charge < -0.3 is 18.6 Å². The van der Waals surface area contributed by atoms with Crippen molar-refractivity contribution in [2.24, 2.45) is 0 Å². The van der Waals surface area contributed by atoms with Crippen LogP contribution in [0.2, 0.25) is 0 Å². The lowest BCUT2D eigenvalue weighted by Crippen LogP contribution is -2.38. The molecule has 1 saturated heterocycles. The predicted molar refractivity (Wildman–Crippen MR) is 113 cm³/mol. The second kappa shape index (κ2) is 9.01. The standard InChI is InChI=1S/C23H28N4O4/c1-14-20(15(2)31-26-14)11-19-5-6-21(30-19)23(28)27-9-7-17(8-10-27)22-18(13-29-4)12-24-16(3)25-22/h5-6,12,17H,7-11,13H2,1-4H3. The number of aryl methyl sites for hydroxylation is 3. The molecule has 0 aliphatic carbocycles. The third-order valence-corrected chi connectivity index (χ3v) is 5.89. The van der Waals surface area contributed by atoms with Crippen LogP contribution in [0.3, 0.4) is 0 Å². The fourth-order valence-corrected chi connectivity index (χ4v) is 4.16. The number of piperidine rings is 1. The molecule has 0 atom stereocenters. The molecule has 0 unspecified atom stereocenters. The van der Waals surface area contributed by atoms with E-state index in [1.54, 1.807) is 13.2 Å². The predicted octanol–water partition coefficient (Wildman–Crippen LogP) is 3.74. The van der Waals surface area contributed by atoms with Crippen molar-refractivity contribution in [3.05, 3.63) is 63.9 Å². The minimum Gasteiger partial charge on any atom is -0.456 e. The molecule has 3 aromatic rings. The summed E-state index contributed by atoms with van der Waals surface area (Å²) in [5, 5.41) is 3.97. The van der Waals surface area contributed by atoms with Crippen LogP contribution in [-0.4, -0.2) is 46.1 Å². The fraction of sp³-hybridized carbons (Fsp3) is 0.478. The number of nitrogens with zero attached hydrogens (tertiary/aromatic N) is 4. The van der Waals surface area contributed by atoms with Gasteiger partial charge in [-0.05, 0) is 45.7 Å². The summed E-state index contributed by atoms with van der Waals surface area (Å²) in [7, 11) is 1.67. The summed E-state index contributed by atoms with van der Waals surface area (Å²) in [6.45, 7) is 7.51. The Balaban J connectivity index is 1.40. The van der Waals surface area contributed by atoms with Gasteiger partial charge in [-0.15, -0.1) is 0 Å². The van der Waals surface area contributed by atoms with Crippen LogP contribution in [0.25, 0.3) is 0 Å². The molecule has 0 N–H and O–H groups in total. The van der Waals surface area contributed by atoms with Crippen molar-refractivity contribution < 1.29 is 18.5 Å². The Morgan fingerprint density at radius 1 is 1.23 bits per heavy atom. The maximum atomic E-state index is 13.0. The smallest absolute Gasteiger partial charge is 0.289 e. The molecule has 8 nitrogen and oxygen atoms in total. The summed E-state index contributed by atoms with van der Waals surface area (Å²) >= 11 is 0. The summed E-state index contributed by atoms with van der Waals surface area (Å²) in [5.41, 5.74) is 3.91. The Labute approximate surface area is 181 Å². The zero-order valence-corrected chi connectivity index (χ0v) is 18.5. The molecule has 4 rings (SSSR count). The van der Waals surface area contributed by atoms with E-state index in [0.29, 0.717) is 37.8 Å². The van der Waals surface area contributed by atoms with E-state index in [2.05, 4.69) is 15.1 Å². The first-order valence-corrected chi connectivity index (χ1v) is 10.6. The quantitative estimate of drug-likeness (QED) is 0.595. The van der Waals surface area contributed by atoms with E-state index in [-0.39, 0.29) is 5.91 Å². The van der Waals surface area contributed by atoms with Gasteiger partial charge in [-0.25, -0.2) is 9.97 Å². The highest BCUT2D eigenvalue weighted by molar-refractivity contribution is 5.91. The first kappa shape index (κ1) is 21.2. The van der Waals surface area contributed by atoms with Crippen LogP contribution in [-0.2, 0) is 17.8 Å². The van der Waals surface area contributed by atoms with Gasteiger partial charge in [0.15, 0.2) is 5.76 Å². The molecule has 0 spiro atoms. The number of methoxy groups -OCH3 is 1. The molecule has 0 radical (unpaired) electrons. The molecule has 1 aliphatic rings. The van der Waals surface area contributed by atoms with Crippen molar-refractivity contribution in [1.82, 2.24) is 20.0 Å². The first-order valence-electron chi connectivity index (χ1n) is 10.6. The lowest BCUT2D eigenvalue weighted by atomic mass is 9.90. The van der Waals surface area contributed by atoms with Gasteiger partial charge >= 0.3 is 0 Å². The van der Waals surface area contributed by atoms with Crippen molar-refractivity contribution in [3.8, 4) is 0 Å². The number of likely N-dealkylation sites (tertiary alicyclic amines) is 1. The van der Waals surface area contributed by atoms with Crippen LogP contribution in [0.15, 0.2) is 27.3 Å². The molecular formula is C23H28N4O4. The zero-order valence-electron chi connectivity index (χ0n) is 18.5. The Morgan fingerprint density at radius 3 is 2.68 bits per heavy atom. The number of carbonyl (C=O) groups is 1. The number of carbonyl (C=O) groups excluding carboxylic acids is 1. The van der Waals surface area contributed by atoms with Crippen LogP contribution in [0.5, 0.6) is 0 Å². The highest BCUT2D eigenvalue weighted by atomic mass is 16.5. The Morgan fingerprint density at radius 2 is 2.00 bits per heavy atom. The lowest BCUT2D eigenvalue weighted by molar-refractivity contribution is 0.0677. The van der Waals surface area contributed by atoms with Crippen LogP contribution >= 0.6 is 0 Å². The molecule has 1 fully saturated rings. The van der Waals surface area contributed by atoms with Crippen molar-refractivity contribution in [1.29, 1.82) is 0 Å². The normalized spacial score (nSPS) is 14.9. The van der Waals surface area contributed by atoms with Gasteiger partial charge in [-0.2, -0.15) is 0 Å². The molecule has 0 bridgehead atoms. The number of aromatic nitrogens is 3. The molecule has 0 saturated carbocycles. The highest BCUT2D eigenvalue weighted by Crippen LogP contribution is 2.30. The molecule has 31 heavy (non-hydrogen) atoms. The first-order chi connectivity index (χ1) is 15.0. The number of hydrogen-bond donors (Lipinski definition) is 0. The number of furan rings is 1. The molecule has 4 heterocycles. The zero-order chi connectivity index (χ0) is 22.0. The second-order valence-electron chi connectivity index (χ2n) is 8.07. The number of ether oxygens (including phenoxy) is 1. The Hall–Kier alpha value is -3.00. The third kappa shape index (κ3) is 4.54. The van der Waals surface area contributed by atoms with Gasteiger partial charge in [0.1, 0.15) is 17.3 Å². The molecule has 1 aliphatic heterocycles. The maximum absolute atomic E-state index is 13.0. The van der Waals surface area contributed by atoms with Crippen LogP contribution < -0.4 is 0 Å². The van der Waals surface area contributed by atoms with Gasteiger partial charge in [0.05, 0.1) is 18.0 Å². The molecule has 164 valence electrons. The van der Waals surface area contributed by atoms with E-state index in [1.807, 2.05) is 37.9 Å². The number of hydrogen-bond acceptors (Lipinski definition) is 7. The number of amides is 1. The molecule has 1 amide bonds. The molecule has 8 heteroatoms. The molecular weight excluding hydrogens is 396 g/mol. The van der Waals surface area contributed by atoms with Crippen LogP contribution in [0.4, 0.5) is 0 Å². The Kier molecular flexibility index (Phi) is 6.18. The summed E-state index contributed by atoms with van der Waals surface area (Å²) < 4.78 is 16.4. The molecule has 0 aromatic carbocycles. The van der Waals surface area contributed by atoms with E-state index in [9.17, 15) is 4.79 Å². The van der Waals surface area contributed by atoms with E-state index in [0.717, 1.165) is 52.7 Å². The van der Waals surface area contributed by atoms with Crippen molar-refractivity contribution in [2.75, 3.05) is 20.2 Å². The van der Waals surface area contributed by atoms with Gasteiger partial charge in [0.25, 0.3) is 5.91 Å². The third-order valence-electron chi connectivity index (χ3n) is 5.89.